The van der Waals surface area contributed by atoms with Gasteiger partial charge in [0.25, 0.3) is 0 Å². The summed E-state index contributed by atoms with van der Waals surface area (Å²) in [7, 11) is 0. The van der Waals surface area contributed by atoms with Gasteiger partial charge in [-0.2, -0.15) is 0 Å². The van der Waals surface area contributed by atoms with Gasteiger partial charge in [0, 0.05) is 38.4 Å². The molecule has 0 radical (unpaired) electrons. The molecule has 132 valence electrons. The number of hydrogen-bond donors (Lipinski definition) is 0. The van der Waals surface area contributed by atoms with Crippen molar-refractivity contribution in [3.63, 3.8) is 0 Å². The highest BCUT2D eigenvalue weighted by Gasteiger charge is 2.30. The standard InChI is InChI=1S/C17H27N5O2/c1-12(2)17-19-18-14-11-21(10-13(3)22(14)17)16(24)7-9-20-8-5-4-6-15(20)23/h12-13H,4-11H2,1-3H3/t13-/m0/s1. The van der Waals surface area contributed by atoms with Gasteiger partial charge < -0.3 is 14.4 Å². The third kappa shape index (κ3) is 3.30. The van der Waals surface area contributed by atoms with Crippen LogP contribution in [0.15, 0.2) is 0 Å². The first-order valence-corrected chi connectivity index (χ1v) is 8.96. The highest BCUT2D eigenvalue weighted by Crippen LogP contribution is 2.25. The van der Waals surface area contributed by atoms with Crippen molar-refractivity contribution in [3.05, 3.63) is 11.6 Å². The molecule has 2 amide bonds. The van der Waals surface area contributed by atoms with Gasteiger partial charge in [-0.15, -0.1) is 10.2 Å². The maximum Gasteiger partial charge on any atom is 0.224 e. The van der Waals surface area contributed by atoms with E-state index in [1.807, 2.05) is 9.80 Å². The van der Waals surface area contributed by atoms with E-state index < -0.39 is 0 Å². The fourth-order valence-corrected chi connectivity index (χ4v) is 3.63. The summed E-state index contributed by atoms with van der Waals surface area (Å²) in [6.07, 6.45) is 3.03. The highest BCUT2D eigenvalue weighted by atomic mass is 16.2. The van der Waals surface area contributed by atoms with Crippen LogP contribution in [0.5, 0.6) is 0 Å². The van der Waals surface area contributed by atoms with Crippen LogP contribution in [0.4, 0.5) is 0 Å². The van der Waals surface area contributed by atoms with Crippen LogP contribution in [-0.4, -0.2) is 56.0 Å². The second kappa shape index (κ2) is 6.91. The van der Waals surface area contributed by atoms with Gasteiger partial charge >= 0.3 is 0 Å². The van der Waals surface area contributed by atoms with Crippen molar-refractivity contribution in [2.24, 2.45) is 0 Å². The first-order chi connectivity index (χ1) is 11.5. The van der Waals surface area contributed by atoms with E-state index in [-0.39, 0.29) is 17.9 Å². The fraction of sp³-hybridized carbons (Fsp3) is 0.765. The van der Waals surface area contributed by atoms with Crippen molar-refractivity contribution >= 4 is 11.8 Å². The van der Waals surface area contributed by atoms with E-state index >= 15 is 0 Å². The van der Waals surface area contributed by atoms with Crippen molar-refractivity contribution in [3.8, 4) is 0 Å². The molecule has 1 aromatic rings. The van der Waals surface area contributed by atoms with Crippen LogP contribution >= 0.6 is 0 Å². The van der Waals surface area contributed by atoms with Crippen molar-refractivity contribution in [1.82, 2.24) is 24.6 Å². The minimum absolute atomic E-state index is 0.0978. The summed E-state index contributed by atoms with van der Waals surface area (Å²) in [5.41, 5.74) is 0. The summed E-state index contributed by atoms with van der Waals surface area (Å²) in [6, 6.07) is 0.182. The maximum atomic E-state index is 12.6. The molecule has 0 aromatic carbocycles. The third-order valence-corrected chi connectivity index (χ3v) is 4.94. The minimum Gasteiger partial charge on any atom is -0.342 e. The SMILES string of the molecule is CC(C)c1nnc2n1[C@@H](C)CN(C(=O)CCN1CCCCC1=O)C2. The molecule has 7 heteroatoms. The number of fused-ring (bicyclic) bond motifs is 1. The lowest BCUT2D eigenvalue weighted by Gasteiger charge is -2.34. The molecule has 1 fully saturated rings. The van der Waals surface area contributed by atoms with Crippen LogP contribution < -0.4 is 0 Å². The lowest BCUT2D eigenvalue weighted by molar-refractivity contribution is -0.136. The molecule has 0 bridgehead atoms. The molecule has 0 N–H and O–H groups in total. The van der Waals surface area contributed by atoms with E-state index in [2.05, 4.69) is 35.5 Å². The monoisotopic (exact) mass is 333 g/mol. The van der Waals surface area contributed by atoms with Crippen LogP contribution in [0.3, 0.4) is 0 Å². The average molecular weight is 333 g/mol. The number of aromatic nitrogens is 3. The fourth-order valence-electron chi connectivity index (χ4n) is 3.63. The largest absolute Gasteiger partial charge is 0.342 e. The van der Waals surface area contributed by atoms with E-state index in [1.54, 1.807) is 0 Å². The predicted molar refractivity (Wildman–Crippen MR) is 89.3 cm³/mol. The Morgan fingerprint density at radius 1 is 1.29 bits per heavy atom. The van der Waals surface area contributed by atoms with Crippen LogP contribution in [0.2, 0.25) is 0 Å². The topological polar surface area (TPSA) is 71.3 Å². The summed E-state index contributed by atoms with van der Waals surface area (Å²) < 4.78 is 2.17. The maximum absolute atomic E-state index is 12.6. The Morgan fingerprint density at radius 2 is 2.08 bits per heavy atom. The Bertz CT molecular complexity index is 624. The molecule has 3 rings (SSSR count). The van der Waals surface area contributed by atoms with Gasteiger partial charge in [-0.3, -0.25) is 9.59 Å². The minimum atomic E-state index is 0.0978. The Hall–Kier alpha value is -1.92. The Morgan fingerprint density at radius 3 is 2.79 bits per heavy atom. The van der Waals surface area contributed by atoms with E-state index in [4.69, 9.17) is 0 Å². The quantitative estimate of drug-likeness (QED) is 0.841. The van der Waals surface area contributed by atoms with Crippen LogP contribution in [0.1, 0.15) is 70.1 Å². The van der Waals surface area contributed by atoms with Crippen molar-refractivity contribution in [2.45, 2.75) is 65.0 Å². The number of nitrogens with zero attached hydrogens (tertiary/aromatic N) is 5. The van der Waals surface area contributed by atoms with Crippen molar-refractivity contribution in [2.75, 3.05) is 19.6 Å². The van der Waals surface area contributed by atoms with E-state index in [1.165, 1.54) is 0 Å². The molecular formula is C17H27N5O2. The van der Waals surface area contributed by atoms with Gasteiger partial charge in [0.2, 0.25) is 11.8 Å². The zero-order chi connectivity index (χ0) is 17.3. The first kappa shape index (κ1) is 16.9. The molecule has 7 nitrogen and oxygen atoms in total. The lowest BCUT2D eigenvalue weighted by atomic mass is 10.1. The number of piperidine rings is 1. The highest BCUT2D eigenvalue weighted by molar-refractivity contribution is 5.79. The zero-order valence-corrected chi connectivity index (χ0v) is 14.9. The Balaban J connectivity index is 1.61. The van der Waals surface area contributed by atoms with Crippen LogP contribution in [0.25, 0.3) is 0 Å². The summed E-state index contributed by atoms with van der Waals surface area (Å²) in [4.78, 5) is 28.1. The van der Waals surface area contributed by atoms with E-state index in [9.17, 15) is 9.59 Å². The van der Waals surface area contributed by atoms with E-state index in [0.29, 0.717) is 38.4 Å². The second-order valence-corrected chi connectivity index (χ2v) is 7.21. The molecule has 1 aromatic heterocycles. The number of carbonyl (C=O) groups is 2. The Kier molecular flexibility index (Phi) is 4.87. The molecular weight excluding hydrogens is 306 g/mol. The predicted octanol–water partition coefficient (Wildman–Crippen LogP) is 1.71. The first-order valence-electron chi connectivity index (χ1n) is 8.96. The molecule has 1 atom stereocenters. The Labute approximate surface area is 143 Å². The van der Waals surface area contributed by atoms with Crippen molar-refractivity contribution in [1.29, 1.82) is 0 Å². The van der Waals surface area contributed by atoms with Gasteiger partial charge in [-0.25, -0.2) is 0 Å². The molecule has 0 unspecified atom stereocenters. The lowest BCUT2D eigenvalue weighted by Crippen LogP contribution is -2.43. The molecule has 0 spiro atoms. The molecule has 2 aliphatic rings. The van der Waals surface area contributed by atoms with Gasteiger partial charge in [0.15, 0.2) is 5.82 Å². The summed E-state index contributed by atoms with van der Waals surface area (Å²) in [6.45, 7) is 8.83. The molecule has 1 saturated heterocycles. The normalized spacial score (nSPS) is 21.3. The van der Waals surface area contributed by atoms with Crippen molar-refractivity contribution < 1.29 is 9.59 Å². The molecule has 0 aliphatic carbocycles. The van der Waals surface area contributed by atoms with Crippen LogP contribution in [0, 0.1) is 0 Å². The molecule has 24 heavy (non-hydrogen) atoms. The van der Waals surface area contributed by atoms with Gasteiger partial charge in [0.1, 0.15) is 5.82 Å². The number of likely N-dealkylation sites (tertiary alicyclic amines) is 1. The number of carbonyl (C=O) groups excluding carboxylic acids is 2. The van der Waals surface area contributed by atoms with Gasteiger partial charge in [-0.05, 0) is 19.8 Å². The summed E-state index contributed by atoms with van der Waals surface area (Å²) in [5, 5.41) is 8.57. The zero-order valence-electron chi connectivity index (χ0n) is 14.9. The molecule has 3 heterocycles. The second-order valence-electron chi connectivity index (χ2n) is 7.21. The summed E-state index contributed by atoms with van der Waals surface area (Å²) in [5.74, 6) is 2.45. The average Bonchev–Trinajstić information content (AvgIpc) is 2.98. The molecule has 0 saturated carbocycles. The number of amides is 2. The van der Waals surface area contributed by atoms with Gasteiger partial charge in [-0.1, -0.05) is 13.8 Å². The van der Waals surface area contributed by atoms with E-state index in [0.717, 1.165) is 31.0 Å². The molecule has 2 aliphatic heterocycles. The van der Waals surface area contributed by atoms with Gasteiger partial charge in [0.05, 0.1) is 12.6 Å². The smallest absolute Gasteiger partial charge is 0.224 e. The number of rotatable bonds is 4. The summed E-state index contributed by atoms with van der Waals surface area (Å²) >= 11 is 0. The van der Waals surface area contributed by atoms with Crippen LogP contribution in [-0.2, 0) is 16.1 Å². The number of hydrogen-bond acceptors (Lipinski definition) is 4. The third-order valence-electron chi connectivity index (χ3n) is 4.94.